The fraction of sp³-hybridized carbons (Fsp3) is 0.500. The van der Waals surface area contributed by atoms with Crippen LogP contribution in [0.15, 0.2) is 18.2 Å². The van der Waals surface area contributed by atoms with Crippen LogP contribution in [0.25, 0.3) is 0 Å². The molecule has 1 amide bonds. The zero-order valence-corrected chi connectivity index (χ0v) is 11.5. The van der Waals surface area contributed by atoms with Gasteiger partial charge in [-0.05, 0) is 31.0 Å². The normalized spacial score (nSPS) is 11.2. The van der Waals surface area contributed by atoms with Crippen molar-refractivity contribution in [3.63, 3.8) is 0 Å². The Morgan fingerprint density at radius 1 is 1.42 bits per heavy atom. The molecule has 0 atom stereocenters. The Morgan fingerprint density at radius 2 is 2.05 bits per heavy atom. The lowest BCUT2D eigenvalue weighted by Gasteiger charge is -2.25. The van der Waals surface area contributed by atoms with Gasteiger partial charge in [0, 0.05) is 12.1 Å². The van der Waals surface area contributed by atoms with Crippen LogP contribution in [-0.2, 0) is 0 Å². The summed E-state index contributed by atoms with van der Waals surface area (Å²) >= 11 is 0. The third-order valence-electron chi connectivity index (χ3n) is 3.31. The highest BCUT2D eigenvalue weighted by Gasteiger charge is 2.23. The molecule has 0 aromatic heterocycles. The summed E-state index contributed by atoms with van der Waals surface area (Å²) in [5, 5.41) is 12.7. The standard InChI is InChI=1S/C14H20FNO3/c1-4-14(18,5-2)9-16-13(17)10-6-7-12(19-3)11(15)8-10/h6-8,18H,4-5,9H2,1-3H3,(H,16,17). The first-order valence-electron chi connectivity index (χ1n) is 6.30. The highest BCUT2D eigenvalue weighted by molar-refractivity contribution is 5.94. The number of benzene rings is 1. The third kappa shape index (κ3) is 3.92. The Hall–Kier alpha value is -1.62. The van der Waals surface area contributed by atoms with Gasteiger partial charge in [0.2, 0.25) is 0 Å². The molecule has 0 unspecified atom stereocenters. The van der Waals surface area contributed by atoms with Crippen molar-refractivity contribution in [1.82, 2.24) is 5.32 Å². The van der Waals surface area contributed by atoms with Crippen molar-refractivity contribution in [2.75, 3.05) is 13.7 Å². The Labute approximate surface area is 112 Å². The SMILES string of the molecule is CCC(O)(CC)CNC(=O)c1ccc(OC)c(F)c1. The minimum Gasteiger partial charge on any atom is -0.494 e. The van der Waals surface area contributed by atoms with E-state index >= 15 is 0 Å². The fourth-order valence-electron chi connectivity index (χ4n) is 1.65. The van der Waals surface area contributed by atoms with Gasteiger partial charge in [-0.3, -0.25) is 4.79 Å². The van der Waals surface area contributed by atoms with Crippen LogP contribution in [0.1, 0.15) is 37.0 Å². The fourth-order valence-corrected chi connectivity index (χ4v) is 1.65. The largest absolute Gasteiger partial charge is 0.494 e. The molecule has 0 aliphatic rings. The van der Waals surface area contributed by atoms with Gasteiger partial charge in [-0.2, -0.15) is 0 Å². The smallest absolute Gasteiger partial charge is 0.251 e. The number of methoxy groups -OCH3 is 1. The first kappa shape index (κ1) is 15.4. The molecule has 0 saturated heterocycles. The van der Waals surface area contributed by atoms with Crippen molar-refractivity contribution < 1.29 is 19.0 Å². The number of halogens is 1. The van der Waals surface area contributed by atoms with Gasteiger partial charge in [0.25, 0.3) is 5.91 Å². The summed E-state index contributed by atoms with van der Waals surface area (Å²) in [5.41, 5.74) is -0.714. The molecule has 0 aliphatic heterocycles. The van der Waals surface area contributed by atoms with E-state index in [-0.39, 0.29) is 17.9 Å². The van der Waals surface area contributed by atoms with Crippen molar-refractivity contribution >= 4 is 5.91 Å². The molecular formula is C14H20FNO3. The molecule has 0 aliphatic carbocycles. The van der Waals surface area contributed by atoms with Crippen LogP contribution in [0.2, 0.25) is 0 Å². The average molecular weight is 269 g/mol. The van der Waals surface area contributed by atoms with Crippen molar-refractivity contribution in [2.24, 2.45) is 0 Å². The molecule has 1 rings (SSSR count). The molecule has 0 radical (unpaired) electrons. The summed E-state index contributed by atoms with van der Waals surface area (Å²) in [6.45, 7) is 3.85. The lowest BCUT2D eigenvalue weighted by Crippen LogP contribution is -2.42. The molecule has 0 spiro atoms. The zero-order chi connectivity index (χ0) is 14.5. The first-order valence-corrected chi connectivity index (χ1v) is 6.30. The number of ether oxygens (including phenoxy) is 1. The van der Waals surface area contributed by atoms with Crippen LogP contribution in [-0.4, -0.2) is 30.3 Å². The molecule has 106 valence electrons. The van der Waals surface area contributed by atoms with Gasteiger partial charge in [0.05, 0.1) is 12.7 Å². The van der Waals surface area contributed by atoms with Crippen molar-refractivity contribution in [3.05, 3.63) is 29.6 Å². The summed E-state index contributed by atoms with van der Waals surface area (Å²) in [6, 6.07) is 4.00. The summed E-state index contributed by atoms with van der Waals surface area (Å²) < 4.78 is 18.2. The van der Waals surface area contributed by atoms with Crippen molar-refractivity contribution in [1.29, 1.82) is 0 Å². The molecule has 19 heavy (non-hydrogen) atoms. The number of amides is 1. The molecular weight excluding hydrogens is 249 g/mol. The lowest BCUT2D eigenvalue weighted by molar-refractivity contribution is 0.0314. The summed E-state index contributed by atoms with van der Waals surface area (Å²) in [6.07, 6.45) is 1.08. The Bertz CT molecular complexity index is 444. The average Bonchev–Trinajstić information content (AvgIpc) is 2.44. The van der Waals surface area contributed by atoms with Gasteiger partial charge < -0.3 is 15.2 Å². The Balaban J connectivity index is 2.71. The van der Waals surface area contributed by atoms with Crippen LogP contribution < -0.4 is 10.1 Å². The summed E-state index contributed by atoms with van der Waals surface area (Å²) in [4.78, 5) is 11.8. The zero-order valence-electron chi connectivity index (χ0n) is 11.5. The Morgan fingerprint density at radius 3 is 2.53 bits per heavy atom. The second-order valence-electron chi connectivity index (χ2n) is 4.46. The van der Waals surface area contributed by atoms with Crippen LogP contribution in [0.5, 0.6) is 5.75 Å². The molecule has 5 heteroatoms. The molecule has 0 saturated carbocycles. The van der Waals surface area contributed by atoms with E-state index in [0.717, 1.165) is 6.07 Å². The maximum Gasteiger partial charge on any atom is 0.251 e. The minimum atomic E-state index is -0.916. The maximum absolute atomic E-state index is 13.5. The van der Waals surface area contributed by atoms with Crippen LogP contribution in [0, 0.1) is 5.82 Å². The molecule has 0 bridgehead atoms. The number of aliphatic hydroxyl groups is 1. The lowest BCUT2D eigenvalue weighted by atomic mass is 9.97. The molecule has 0 heterocycles. The maximum atomic E-state index is 13.5. The number of rotatable bonds is 6. The second-order valence-corrected chi connectivity index (χ2v) is 4.46. The monoisotopic (exact) mass is 269 g/mol. The number of hydrogen-bond acceptors (Lipinski definition) is 3. The predicted octanol–water partition coefficient (Wildman–Crippen LogP) is 2.12. The summed E-state index contributed by atoms with van der Waals surface area (Å²) in [7, 11) is 1.36. The van der Waals surface area contributed by atoms with E-state index in [1.807, 2.05) is 13.8 Å². The van der Waals surface area contributed by atoms with Crippen LogP contribution in [0.3, 0.4) is 0 Å². The van der Waals surface area contributed by atoms with Crippen molar-refractivity contribution in [3.8, 4) is 5.75 Å². The quantitative estimate of drug-likeness (QED) is 0.831. The first-order chi connectivity index (χ1) is 8.95. The van der Waals surface area contributed by atoms with E-state index in [1.54, 1.807) is 0 Å². The van der Waals surface area contributed by atoms with Gasteiger partial charge in [-0.15, -0.1) is 0 Å². The molecule has 4 nitrogen and oxygen atoms in total. The number of carbonyl (C=O) groups is 1. The van der Waals surface area contributed by atoms with E-state index in [1.165, 1.54) is 19.2 Å². The van der Waals surface area contributed by atoms with E-state index < -0.39 is 17.3 Å². The van der Waals surface area contributed by atoms with Gasteiger partial charge >= 0.3 is 0 Å². The second kappa shape index (κ2) is 6.52. The Kier molecular flexibility index (Phi) is 5.30. The van der Waals surface area contributed by atoms with E-state index in [2.05, 4.69) is 5.32 Å². The van der Waals surface area contributed by atoms with Gasteiger partial charge in [0.15, 0.2) is 11.6 Å². The molecule has 2 N–H and O–H groups in total. The topological polar surface area (TPSA) is 58.6 Å². The highest BCUT2D eigenvalue weighted by atomic mass is 19.1. The van der Waals surface area contributed by atoms with E-state index in [0.29, 0.717) is 12.8 Å². The predicted molar refractivity (Wildman–Crippen MR) is 70.8 cm³/mol. The van der Waals surface area contributed by atoms with Crippen LogP contribution in [0.4, 0.5) is 4.39 Å². The number of carbonyl (C=O) groups excluding carboxylic acids is 1. The van der Waals surface area contributed by atoms with Crippen molar-refractivity contribution in [2.45, 2.75) is 32.3 Å². The van der Waals surface area contributed by atoms with E-state index in [4.69, 9.17) is 4.74 Å². The van der Waals surface area contributed by atoms with Crippen LogP contribution >= 0.6 is 0 Å². The summed E-state index contributed by atoms with van der Waals surface area (Å²) in [5.74, 6) is -0.909. The molecule has 0 fully saturated rings. The highest BCUT2D eigenvalue weighted by Crippen LogP contribution is 2.18. The minimum absolute atomic E-state index is 0.0928. The van der Waals surface area contributed by atoms with Gasteiger partial charge in [-0.1, -0.05) is 13.8 Å². The molecule has 1 aromatic rings. The number of nitrogens with one attached hydrogen (secondary N) is 1. The van der Waals surface area contributed by atoms with Gasteiger partial charge in [-0.25, -0.2) is 4.39 Å². The number of hydrogen-bond donors (Lipinski definition) is 2. The third-order valence-corrected chi connectivity index (χ3v) is 3.31. The van der Waals surface area contributed by atoms with Gasteiger partial charge in [0.1, 0.15) is 0 Å². The van der Waals surface area contributed by atoms with E-state index in [9.17, 15) is 14.3 Å². The molecule has 1 aromatic carbocycles.